The molecule has 0 saturated carbocycles. The van der Waals surface area contributed by atoms with E-state index in [4.69, 9.17) is 4.74 Å². The molecule has 0 aliphatic heterocycles. The fourth-order valence-electron chi connectivity index (χ4n) is 1.47. The monoisotopic (exact) mass is 235 g/mol. The van der Waals surface area contributed by atoms with Crippen molar-refractivity contribution in [2.45, 2.75) is 12.8 Å². The van der Waals surface area contributed by atoms with Crippen molar-refractivity contribution in [1.82, 2.24) is 4.98 Å². The summed E-state index contributed by atoms with van der Waals surface area (Å²) in [6.07, 6.45) is 0.884. The number of thiazole rings is 1. The third kappa shape index (κ3) is 2.65. The number of nitrogens with zero attached hydrogens (tertiary/aromatic N) is 1. The highest BCUT2D eigenvalue weighted by atomic mass is 32.1. The Morgan fingerprint density at radius 2 is 2.25 bits per heavy atom. The first-order valence-corrected chi connectivity index (χ1v) is 5.96. The van der Waals surface area contributed by atoms with E-state index in [-0.39, 0.29) is 5.78 Å². The van der Waals surface area contributed by atoms with E-state index in [0.29, 0.717) is 19.4 Å². The van der Waals surface area contributed by atoms with Crippen LogP contribution in [0, 0.1) is 0 Å². The largest absolute Gasteiger partial charge is 0.384 e. The van der Waals surface area contributed by atoms with Gasteiger partial charge in [0.05, 0.1) is 23.2 Å². The summed E-state index contributed by atoms with van der Waals surface area (Å²) in [5.74, 6) is 0.181. The molecule has 16 heavy (non-hydrogen) atoms. The molecule has 0 spiro atoms. The summed E-state index contributed by atoms with van der Waals surface area (Å²) >= 11 is 1.59. The molecule has 0 radical (unpaired) electrons. The highest BCUT2D eigenvalue weighted by Gasteiger charge is 2.08. The predicted octanol–water partition coefficient (Wildman–Crippen LogP) is 2.44. The lowest BCUT2D eigenvalue weighted by Gasteiger charge is -1.96. The van der Waals surface area contributed by atoms with E-state index in [1.54, 1.807) is 18.4 Å². The van der Waals surface area contributed by atoms with Crippen LogP contribution in [0.5, 0.6) is 0 Å². The third-order valence-electron chi connectivity index (χ3n) is 2.27. The zero-order chi connectivity index (χ0) is 11.4. The van der Waals surface area contributed by atoms with Crippen LogP contribution in [0.1, 0.15) is 11.4 Å². The van der Waals surface area contributed by atoms with Gasteiger partial charge in [-0.1, -0.05) is 12.1 Å². The van der Waals surface area contributed by atoms with Gasteiger partial charge in [0, 0.05) is 13.5 Å². The SMILES string of the molecule is COCCC(=O)Cc1nc2ccccc2s1. The van der Waals surface area contributed by atoms with Gasteiger partial charge in [-0.15, -0.1) is 11.3 Å². The average Bonchev–Trinajstić information content (AvgIpc) is 2.68. The number of hydrogen-bond acceptors (Lipinski definition) is 4. The van der Waals surface area contributed by atoms with Crippen LogP contribution in [0.2, 0.25) is 0 Å². The molecule has 0 unspecified atom stereocenters. The first kappa shape index (κ1) is 11.2. The Balaban J connectivity index is 2.07. The van der Waals surface area contributed by atoms with Gasteiger partial charge in [0.1, 0.15) is 10.8 Å². The summed E-state index contributed by atoms with van der Waals surface area (Å²) < 4.78 is 6.01. The topological polar surface area (TPSA) is 39.2 Å². The zero-order valence-electron chi connectivity index (χ0n) is 9.10. The van der Waals surface area contributed by atoms with Gasteiger partial charge in [-0.25, -0.2) is 4.98 Å². The van der Waals surface area contributed by atoms with Gasteiger partial charge in [-0.3, -0.25) is 4.79 Å². The number of ether oxygens (including phenoxy) is 1. The normalized spacial score (nSPS) is 10.8. The second kappa shape index (κ2) is 5.18. The van der Waals surface area contributed by atoms with Gasteiger partial charge in [0.15, 0.2) is 0 Å². The van der Waals surface area contributed by atoms with Crippen molar-refractivity contribution in [2.75, 3.05) is 13.7 Å². The second-order valence-electron chi connectivity index (χ2n) is 3.53. The van der Waals surface area contributed by atoms with Crippen LogP contribution in [-0.2, 0) is 16.0 Å². The van der Waals surface area contributed by atoms with E-state index < -0.39 is 0 Å². The lowest BCUT2D eigenvalue weighted by atomic mass is 10.2. The number of aromatic nitrogens is 1. The van der Waals surface area contributed by atoms with Crippen LogP contribution in [0.15, 0.2) is 24.3 Å². The Labute approximate surface area is 98.1 Å². The lowest BCUT2D eigenvalue weighted by Crippen LogP contribution is -2.05. The summed E-state index contributed by atoms with van der Waals surface area (Å²) in [6, 6.07) is 7.93. The molecule has 0 aliphatic rings. The molecule has 0 atom stereocenters. The molecule has 0 saturated heterocycles. The molecule has 0 aliphatic carbocycles. The summed E-state index contributed by atoms with van der Waals surface area (Å²) in [7, 11) is 1.60. The van der Waals surface area contributed by atoms with Crippen LogP contribution in [-0.4, -0.2) is 24.5 Å². The third-order valence-corrected chi connectivity index (χ3v) is 3.31. The minimum atomic E-state index is 0.181. The standard InChI is InChI=1S/C12H13NO2S/c1-15-7-6-9(14)8-12-13-10-4-2-3-5-11(10)16-12/h2-5H,6-8H2,1H3. The van der Waals surface area contributed by atoms with Crippen LogP contribution in [0.4, 0.5) is 0 Å². The minimum absolute atomic E-state index is 0.181. The molecule has 1 heterocycles. The molecule has 0 N–H and O–H groups in total. The Hall–Kier alpha value is -1.26. The van der Waals surface area contributed by atoms with Crippen molar-refractivity contribution in [3.8, 4) is 0 Å². The molecule has 1 aromatic carbocycles. The van der Waals surface area contributed by atoms with Crippen molar-refractivity contribution in [2.24, 2.45) is 0 Å². The molecule has 2 rings (SSSR count). The number of Topliss-reactive ketones (excluding diaryl/α,β-unsaturated/α-hetero) is 1. The van der Waals surface area contributed by atoms with E-state index in [0.717, 1.165) is 15.2 Å². The van der Waals surface area contributed by atoms with Crippen molar-refractivity contribution in [3.05, 3.63) is 29.3 Å². The van der Waals surface area contributed by atoms with E-state index in [1.807, 2.05) is 24.3 Å². The lowest BCUT2D eigenvalue weighted by molar-refractivity contribution is -0.119. The molecule has 0 bridgehead atoms. The van der Waals surface area contributed by atoms with Crippen LogP contribution < -0.4 is 0 Å². The summed E-state index contributed by atoms with van der Waals surface area (Å²) in [6.45, 7) is 0.490. The van der Waals surface area contributed by atoms with Gasteiger partial charge in [0.25, 0.3) is 0 Å². The summed E-state index contributed by atoms with van der Waals surface area (Å²) in [4.78, 5) is 16.0. The molecule has 0 fully saturated rings. The highest BCUT2D eigenvalue weighted by Crippen LogP contribution is 2.22. The maximum atomic E-state index is 11.5. The molecular formula is C12H13NO2S. The van der Waals surface area contributed by atoms with Crippen molar-refractivity contribution >= 4 is 27.3 Å². The fourth-order valence-corrected chi connectivity index (χ4v) is 2.46. The predicted molar refractivity (Wildman–Crippen MR) is 64.8 cm³/mol. The quantitative estimate of drug-likeness (QED) is 0.799. The van der Waals surface area contributed by atoms with Gasteiger partial charge in [-0.05, 0) is 12.1 Å². The van der Waals surface area contributed by atoms with Crippen LogP contribution in [0.25, 0.3) is 10.2 Å². The number of methoxy groups -OCH3 is 1. The number of rotatable bonds is 5. The smallest absolute Gasteiger partial charge is 0.141 e. The highest BCUT2D eigenvalue weighted by molar-refractivity contribution is 7.18. The van der Waals surface area contributed by atoms with E-state index in [9.17, 15) is 4.79 Å². The summed E-state index contributed by atoms with van der Waals surface area (Å²) in [5, 5.41) is 0.891. The second-order valence-corrected chi connectivity index (χ2v) is 4.65. The van der Waals surface area contributed by atoms with Crippen molar-refractivity contribution in [3.63, 3.8) is 0 Å². The van der Waals surface area contributed by atoms with Crippen molar-refractivity contribution < 1.29 is 9.53 Å². The maximum absolute atomic E-state index is 11.5. The Morgan fingerprint density at radius 3 is 3.00 bits per heavy atom. The van der Waals surface area contributed by atoms with E-state index in [1.165, 1.54) is 0 Å². The average molecular weight is 235 g/mol. The van der Waals surface area contributed by atoms with Crippen LogP contribution >= 0.6 is 11.3 Å². The molecule has 3 nitrogen and oxygen atoms in total. The maximum Gasteiger partial charge on any atom is 0.141 e. The number of benzene rings is 1. The molecular weight excluding hydrogens is 222 g/mol. The van der Waals surface area contributed by atoms with Gasteiger partial charge >= 0.3 is 0 Å². The fraction of sp³-hybridized carbons (Fsp3) is 0.333. The number of hydrogen-bond donors (Lipinski definition) is 0. The molecule has 4 heteroatoms. The number of ketones is 1. The van der Waals surface area contributed by atoms with Crippen molar-refractivity contribution in [1.29, 1.82) is 0 Å². The first-order valence-electron chi connectivity index (χ1n) is 5.14. The molecule has 1 aromatic heterocycles. The van der Waals surface area contributed by atoms with E-state index >= 15 is 0 Å². The molecule has 2 aromatic rings. The van der Waals surface area contributed by atoms with Crippen LogP contribution in [0.3, 0.4) is 0 Å². The number of carbonyl (C=O) groups excluding carboxylic acids is 1. The Morgan fingerprint density at radius 1 is 1.44 bits per heavy atom. The number of para-hydroxylation sites is 1. The van der Waals surface area contributed by atoms with Gasteiger partial charge in [0.2, 0.25) is 0 Å². The first-order chi connectivity index (χ1) is 7.79. The zero-order valence-corrected chi connectivity index (χ0v) is 9.92. The number of carbonyl (C=O) groups is 1. The van der Waals surface area contributed by atoms with E-state index in [2.05, 4.69) is 4.98 Å². The number of fused-ring (bicyclic) bond motifs is 1. The van der Waals surface area contributed by atoms with Gasteiger partial charge in [-0.2, -0.15) is 0 Å². The Kier molecular flexibility index (Phi) is 3.64. The van der Waals surface area contributed by atoms with Gasteiger partial charge < -0.3 is 4.74 Å². The minimum Gasteiger partial charge on any atom is -0.384 e. The summed E-state index contributed by atoms with van der Waals surface area (Å²) in [5.41, 5.74) is 0.974. The molecule has 0 amide bonds. The Bertz CT molecular complexity index is 459. The molecule has 84 valence electrons.